The first kappa shape index (κ1) is 17.7. The largest absolute Gasteiger partial charge is 0.344 e. The molecule has 1 atom stereocenters. The van der Waals surface area contributed by atoms with Crippen molar-refractivity contribution in [2.75, 3.05) is 0 Å². The Hall–Kier alpha value is -2.11. The normalized spacial score (nSPS) is 17.6. The van der Waals surface area contributed by atoms with Crippen molar-refractivity contribution in [1.29, 1.82) is 0 Å². The van der Waals surface area contributed by atoms with Crippen molar-refractivity contribution in [2.45, 2.75) is 71.4 Å². The van der Waals surface area contributed by atoms with Crippen molar-refractivity contribution < 1.29 is 4.79 Å². The molecular weight excluding hydrogens is 314 g/mol. The quantitative estimate of drug-likeness (QED) is 0.930. The summed E-state index contributed by atoms with van der Waals surface area (Å²) in [5.74, 6) is 0.208. The summed E-state index contributed by atoms with van der Waals surface area (Å²) in [7, 11) is 1.96. The molecule has 2 aromatic rings. The predicted molar refractivity (Wildman–Crippen MR) is 97.7 cm³/mol. The van der Waals surface area contributed by atoms with Gasteiger partial charge in [-0.25, -0.2) is 0 Å². The van der Waals surface area contributed by atoms with E-state index >= 15 is 0 Å². The smallest absolute Gasteiger partial charge is 0.272 e. The lowest BCUT2D eigenvalue weighted by Gasteiger charge is -2.24. The number of rotatable bonds is 3. The van der Waals surface area contributed by atoms with E-state index < -0.39 is 0 Å². The van der Waals surface area contributed by atoms with E-state index in [1.807, 2.05) is 28.7 Å². The lowest BCUT2D eigenvalue weighted by Crippen LogP contribution is -2.32. The SMILES string of the molecule is CC(C)c1cc(C(=O)N[C@H]2CCCc3c2cnn3C)nn1C(C)(C)C. The summed E-state index contributed by atoms with van der Waals surface area (Å²) in [6.07, 6.45) is 4.91. The maximum atomic E-state index is 12.8. The van der Waals surface area contributed by atoms with Gasteiger partial charge < -0.3 is 5.32 Å². The van der Waals surface area contributed by atoms with Crippen LogP contribution in [0.1, 0.15) is 86.9 Å². The first-order valence-electron chi connectivity index (χ1n) is 9.10. The molecular formula is C19H29N5O. The molecule has 1 amide bonds. The number of nitrogens with one attached hydrogen (secondary N) is 1. The molecule has 6 nitrogen and oxygen atoms in total. The molecule has 1 aliphatic rings. The van der Waals surface area contributed by atoms with Gasteiger partial charge in [-0.3, -0.25) is 14.2 Å². The van der Waals surface area contributed by atoms with E-state index in [1.165, 1.54) is 5.69 Å². The molecule has 3 rings (SSSR count). The van der Waals surface area contributed by atoms with E-state index in [9.17, 15) is 4.79 Å². The third kappa shape index (κ3) is 3.34. The maximum absolute atomic E-state index is 12.8. The second-order valence-corrected chi connectivity index (χ2v) is 8.28. The highest BCUT2D eigenvalue weighted by Gasteiger charge is 2.28. The molecule has 1 aliphatic carbocycles. The number of hydrogen-bond acceptors (Lipinski definition) is 3. The predicted octanol–water partition coefficient (Wildman–Crippen LogP) is 3.30. The summed E-state index contributed by atoms with van der Waals surface area (Å²) in [6.45, 7) is 10.6. The topological polar surface area (TPSA) is 64.7 Å². The highest BCUT2D eigenvalue weighted by atomic mass is 16.2. The van der Waals surface area contributed by atoms with Gasteiger partial charge in [0, 0.05) is 24.0 Å². The van der Waals surface area contributed by atoms with Crippen molar-refractivity contribution in [1.82, 2.24) is 24.9 Å². The molecule has 0 aliphatic heterocycles. The van der Waals surface area contributed by atoms with Crippen LogP contribution in [0, 0.1) is 0 Å². The highest BCUT2D eigenvalue weighted by Crippen LogP contribution is 2.30. The molecule has 0 unspecified atom stereocenters. The van der Waals surface area contributed by atoms with E-state index in [4.69, 9.17) is 0 Å². The Bertz CT molecular complexity index is 778. The number of fused-ring (bicyclic) bond motifs is 1. The minimum Gasteiger partial charge on any atom is -0.344 e. The average molecular weight is 343 g/mol. The first-order valence-corrected chi connectivity index (χ1v) is 9.10. The zero-order chi connectivity index (χ0) is 18.4. The molecule has 2 heterocycles. The third-order valence-electron chi connectivity index (χ3n) is 4.88. The zero-order valence-corrected chi connectivity index (χ0v) is 16.1. The van der Waals surface area contributed by atoms with Gasteiger partial charge in [-0.2, -0.15) is 10.2 Å². The maximum Gasteiger partial charge on any atom is 0.272 e. The standard InChI is InChI=1S/C19H29N5O/c1-12(2)17-10-15(22-24(17)19(3,4)5)18(25)21-14-8-7-9-16-13(14)11-20-23(16)6/h10-12,14H,7-9H2,1-6H3,(H,21,25)/t14-/m0/s1. The third-order valence-corrected chi connectivity index (χ3v) is 4.88. The molecule has 0 bridgehead atoms. The van der Waals surface area contributed by atoms with E-state index in [-0.39, 0.29) is 17.5 Å². The lowest BCUT2D eigenvalue weighted by atomic mass is 9.93. The summed E-state index contributed by atoms with van der Waals surface area (Å²) in [5.41, 5.74) is 3.79. The second kappa shape index (κ2) is 6.32. The molecule has 0 aromatic carbocycles. The molecule has 0 radical (unpaired) electrons. The summed E-state index contributed by atoms with van der Waals surface area (Å²) >= 11 is 0. The Kier molecular flexibility index (Phi) is 4.47. The minimum atomic E-state index is -0.153. The van der Waals surface area contributed by atoms with Gasteiger partial charge in [-0.1, -0.05) is 13.8 Å². The van der Waals surface area contributed by atoms with Gasteiger partial charge in [-0.15, -0.1) is 0 Å². The van der Waals surface area contributed by atoms with Gasteiger partial charge in [0.2, 0.25) is 0 Å². The molecule has 0 fully saturated rings. The van der Waals surface area contributed by atoms with Gasteiger partial charge in [0.1, 0.15) is 5.69 Å². The molecule has 2 aromatic heterocycles. The van der Waals surface area contributed by atoms with Crippen molar-refractivity contribution in [3.8, 4) is 0 Å². The van der Waals surface area contributed by atoms with Crippen LogP contribution in [0.5, 0.6) is 0 Å². The van der Waals surface area contributed by atoms with Gasteiger partial charge in [0.25, 0.3) is 5.91 Å². The van der Waals surface area contributed by atoms with Crippen LogP contribution >= 0.6 is 0 Å². The summed E-state index contributed by atoms with van der Waals surface area (Å²) < 4.78 is 3.89. The Morgan fingerprint density at radius 2 is 2.08 bits per heavy atom. The number of amides is 1. The van der Waals surface area contributed by atoms with Crippen LogP contribution in [0.25, 0.3) is 0 Å². The number of carbonyl (C=O) groups excluding carboxylic acids is 1. The van der Waals surface area contributed by atoms with Crippen LogP contribution in [0.15, 0.2) is 12.3 Å². The van der Waals surface area contributed by atoms with Gasteiger partial charge in [0.05, 0.1) is 17.8 Å². The molecule has 25 heavy (non-hydrogen) atoms. The van der Waals surface area contributed by atoms with Gasteiger partial charge in [-0.05, 0) is 52.0 Å². The second-order valence-electron chi connectivity index (χ2n) is 8.28. The lowest BCUT2D eigenvalue weighted by molar-refractivity contribution is 0.0926. The van der Waals surface area contributed by atoms with Crippen LogP contribution in [-0.4, -0.2) is 25.5 Å². The van der Waals surface area contributed by atoms with Gasteiger partial charge >= 0.3 is 0 Å². The van der Waals surface area contributed by atoms with Crippen molar-refractivity contribution in [2.24, 2.45) is 7.05 Å². The fraction of sp³-hybridized carbons (Fsp3) is 0.632. The van der Waals surface area contributed by atoms with Crippen LogP contribution in [0.3, 0.4) is 0 Å². The first-order chi connectivity index (χ1) is 11.7. The Morgan fingerprint density at radius 1 is 1.36 bits per heavy atom. The van der Waals surface area contributed by atoms with Crippen molar-refractivity contribution >= 4 is 5.91 Å². The van der Waals surface area contributed by atoms with E-state index in [1.54, 1.807) is 0 Å². The fourth-order valence-electron chi connectivity index (χ4n) is 3.54. The number of aromatic nitrogens is 4. The summed E-state index contributed by atoms with van der Waals surface area (Å²) in [4.78, 5) is 12.8. The Labute approximate surface area is 149 Å². The molecule has 0 spiro atoms. The van der Waals surface area contributed by atoms with Crippen LogP contribution in [-0.2, 0) is 19.0 Å². The number of hydrogen-bond donors (Lipinski definition) is 1. The zero-order valence-electron chi connectivity index (χ0n) is 16.1. The average Bonchev–Trinajstić information content (AvgIpc) is 3.12. The Balaban J connectivity index is 1.85. The van der Waals surface area contributed by atoms with E-state index in [0.717, 1.165) is 30.5 Å². The summed E-state index contributed by atoms with van der Waals surface area (Å²) in [5, 5.41) is 12.1. The van der Waals surface area contributed by atoms with E-state index in [2.05, 4.69) is 50.1 Å². The molecule has 0 saturated heterocycles. The fourth-order valence-corrected chi connectivity index (χ4v) is 3.54. The number of aryl methyl sites for hydroxylation is 1. The van der Waals surface area contributed by atoms with Crippen LogP contribution in [0.4, 0.5) is 0 Å². The van der Waals surface area contributed by atoms with Gasteiger partial charge in [0.15, 0.2) is 0 Å². The Morgan fingerprint density at radius 3 is 2.68 bits per heavy atom. The van der Waals surface area contributed by atoms with Crippen LogP contribution in [0.2, 0.25) is 0 Å². The number of nitrogens with zero attached hydrogens (tertiary/aromatic N) is 4. The summed E-state index contributed by atoms with van der Waals surface area (Å²) in [6, 6.07) is 1.95. The molecule has 6 heteroatoms. The minimum absolute atomic E-state index is 0.0206. The molecule has 0 saturated carbocycles. The number of carbonyl (C=O) groups is 1. The molecule has 136 valence electrons. The van der Waals surface area contributed by atoms with Crippen molar-refractivity contribution in [3.63, 3.8) is 0 Å². The van der Waals surface area contributed by atoms with E-state index in [0.29, 0.717) is 11.6 Å². The molecule has 1 N–H and O–H groups in total. The van der Waals surface area contributed by atoms with Crippen LogP contribution < -0.4 is 5.32 Å². The van der Waals surface area contributed by atoms with Crippen molar-refractivity contribution in [3.05, 3.63) is 34.9 Å². The highest BCUT2D eigenvalue weighted by molar-refractivity contribution is 5.92. The monoisotopic (exact) mass is 343 g/mol.